The Morgan fingerprint density at radius 2 is 1.85 bits per heavy atom. The van der Waals surface area contributed by atoms with Gasteiger partial charge in [0, 0.05) is 22.4 Å². The first-order valence-electron chi connectivity index (χ1n) is 5.93. The molecule has 0 N–H and O–H groups in total. The van der Waals surface area contributed by atoms with E-state index in [4.69, 9.17) is 11.6 Å². The number of sulfonamides is 1. The lowest BCUT2D eigenvalue weighted by Gasteiger charge is -2.19. The van der Waals surface area contributed by atoms with Gasteiger partial charge in [0.2, 0.25) is 10.0 Å². The lowest BCUT2D eigenvalue weighted by molar-refractivity contribution is 0.426. The van der Waals surface area contributed by atoms with E-state index in [0.29, 0.717) is 22.3 Å². The van der Waals surface area contributed by atoms with E-state index in [-0.39, 0.29) is 0 Å². The lowest BCUT2D eigenvalue weighted by atomic mass is 10.4. The van der Waals surface area contributed by atoms with Crippen LogP contribution in [0.25, 0.3) is 0 Å². The standard InChI is InChI=1S/C13H13BrClNO2S2/c1-2-16(9-11-5-8-13(15)19-11)20(17,18)12-6-3-10(14)4-7-12/h3-8H,2,9H2,1H3. The van der Waals surface area contributed by atoms with E-state index in [1.165, 1.54) is 15.6 Å². The summed E-state index contributed by atoms with van der Waals surface area (Å²) in [5.41, 5.74) is 0. The van der Waals surface area contributed by atoms with Gasteiger partial charge in [-0.3, -0.25) is 0 Å². The summed E-state index contributed by atoms with van der Waals surface area (Å²) >= 11 is 10.6. The minimum atomic E-state index is -3.48. The van der Waals surface area contributed by atoms with Gasteiger partial charge in [-0.05, 0) is 36.4 Å². The van der Waals surface area contributed by atoms with Crippen molar-refractivity contribution in [1.82, 2.24) is 4.31 Å². The largest absolute Gasteiger partial charge is 0.243 e. The van der Waals surface area contributed by atoms with E-state index < -0.39 is 10.0 Å². The van der Waals surface area contributed by atoms with Gasteiger partial charge in [-0.1, -0.05) is 34.5 Å². The molecule has 0 saturated carbocycles. The maximum atomic E-state index is 12.6. The van der Waals surface area contributed by atoms with Gasteiger partial charge in [-0.25, -0.2) is 8.42 Å². The van der Waals surface area contributed by atoms with E-state index in [0.717, 1.165) is 9.35 Å². The van der Waals surface area contributed by atoms with Crippen LogP contribution in [0.3, 0.4) is 0 Å². The van der Waals surface area contributed by atoms with E-state index in [9.17, 15) is 8.42 Å². The molecule has 0 unspecified atom stereocenters. The van der Waals surface area contributed by atoms with Crippen LogP contribution < -0.4 is 0 Å². The van der Waals surface area contributed by atoms with Crippen molar-refractivity contribution in [2.75, 3.05) is 6.54 Å². The highest BCUT2D eigenvalue weighted by Crippen LogP contribution is 2.25. The molecule has 20 heavy (non-hydrogen) atoms. The van der Waals surface area contributed by atoms with Gasteiger partial charge in [0.05, 0.1) is 9.23 Å². The molecule has 2 aromatic rings. The second-order valence-corrected chi connectivity index (χ2v) is 8.74. The predicted molar refractivity (Wildman–Crippen MR) is 86.7 cm³/mol. The zero-order valence-electron chi connectivity index (χ0n) is 10.7. The predicted octanol–water partition coefficient (Wildman–Crippen LogP) is 4.37. The summed E-state index contributed by atoms with van der Waals surface area (Å²) in [4.78, 5) is 1.22. The van der Waals surface area contributed by atoms with Crippen LogP contribution in [0, 0.1) is 0 Å². The van der Waals surface area contributed by atoms with Gasteiger partial charge in [-0.15, -0.1) is 11.3 Å². The molecule has 108 valence electrons. The quantitative estimate of drug-likeness (QED) is 0.755. The summed E-state index contributed by atoms with van der Waals surface area (Å²) in [6, 6.07) is 10.3. The molecule has 7 heteroatoms. The molecule has 3 nitrogen and oxygen atoms in total. The smallest absolute Gasteiger partial charge is 0.207 e. The Kier molecular flexibility index (Phi) is 5.25. The summed E-state index contributed by atoms with van der Waals surface area (Å²) in [5, 5.41) is 0. The molecule has 0 aliphatic carbocycles. The van der Waals surface area contributed by atoms with E-state index in [2.05, 4.69) is 15.9 Å². The minimum absolute atomic E-state index is 0.296. The van der Waals surface area contributed by atoms with Gasteiger partial charge >= 0.3 is 0 Å². The monoisotopic (exact) mass is 393 g/mol. The van der Waals surface area contributed by atoms with Crippen LogP contribution in [0.1, 0.15) is 11.8 Å². The van der Waals surface area contributed by atoms with Crippen LogP contribution >= 0.6 is 38.9 Å². The third kappa shape index (κ3) is 3.62. The highest BCUT2D eigenvalue weighted by molar-refractivity contribution is 9.10. The second kappa shape index (κ2) is 6.58. The van der Waals surface area contributed by atoms with Gasteiger partial charge in [-0.2, -0.15) is 4.31 Å². The number of halogens is 2. The fourth-order valence-corrected chi connectivity index (χ4v) is 4.61. The van der Waals surface area contributed by atoms with E-state index >= 15 is 0 Å². The summed E-state index contributed by atoms with van der Waals surface area (Å²) in [6.45, 7) is 2.58. The van der Waals surface area contributed by atoms with Crippen LogP contribution in [0.4, 0.5) is 0 Å². The zero-order valence-corrected chi connectivity index (χ0v) is 14.7. The molecule has 0 saturated heterocycles. The molecule has 0 aliphatic rings. The van der Waals surface area contributed by atoms with Crippen LogP contribution in [0.2, 0.25) is 4.34 Å². The number of hydrogen-bond donors (Lipinski definition) is 0. The molecule has 0 fully saturated rings. The normalized spacial score (nSPS) is 12.0. The van der Waals surface area contributed by atoms with Crippen LogP contribution in [0.5, 0.6) is 0 Å². The van der Waals surface area contributed by atoms with Crippen LogP contribution in [0.15, 0.2) is 45.8 Å². The van der Waals surface area contributed by atoms with Crippen molar-refractivity contribution in [3.63, 3.8) is 0 Å². The first-order chi connectivity index (χ1) is 9.43. The van der Waals surface area contributed by atoms with Crippen molar-refractivity contribution in [3.8, 4) is 0 Å². The van der Waals surface area contributed by atoms with Gasteiger partial charge < -0.3 is 0 Å². The fraction of sp³-hybridized carbons (Fsp3) is 0.231. The Balaban J connectivity index is 2.27. The van der Waals surface area contributed by atoms with Crippen molar-refractivity contribution in [2.24, 2.45) is 0 Å². The topological polar surface area (TPSA) is 37.4 Å². The van der Waals surface area contributed by atoms with Gasteiger partial charge in [0.25, 0.3) is 0 Å². The molecule has 0 spiro atoms. The molecule has 2 rings (SSSR count). The maximum absolute atomic E-state index is 12.6. The molecule has 0 radical (unpaired) electrons. The Labute approximate surface area is 136 Å². The van der Waals surface area contributed by atoms with Crippen LogP contribution in [-0.4, -0.2) is 19.3 Å². The summed E-state index contributed by atoms with van der Waals surface area (Å²) in [5.74, 6) is 0. The lowest BCUT2D eigenvalue weighted by Crippen LogP contribution is -2.30. The van der Waals surface area contributed by atoms with Crippen molar-refractivity contribution in [3.05, 3.63) is 50.1 Å². The van der Waals surface area contributed by atoms with E-state index in [1.54, 1.807) is 30.3 Å². The van der Waals surface area contributed by atoms with E-state index in [1.807, 2.05) is 13.0 Å². The maximum Gasteiger partial charge on any atom is 0.243 e. The molecular formula is C13H13BrClNO2S2. The molecule has 0 aliphatic heterocycles. The van der Waals surface area contributed by atoms with Gasteiger partial charge in [0.1, 0.15) is 0 Å². The summed E-state index contributed by atoms with van der Waals surface area (Å²) < 4.78 is 28.1. The average Bonchev–Trinajstić information content (AvgIpc) is 2.82. The van der Waals surface area contributed by atoms with Crippen molar-refractivity contribution < 1.29 is 8.42 Å². The SMILES string of the molecule is CCN(Cc1ccc(Cl)s1)S(=O)(=O)c1ccc(Br)cc1. The Bertz CT molecular complexity index is 683. The van der Waals surface area contributed by atoms with Crippen molar-refractivity contribution in [2.45, 2.75) is 18.4 Å². The highest BCUT2D eigenvalue weighted by Gasteiger charge is 2.23. The molecule has 0 atom stereocenters. The summed E-state index contributed by atoms with van der Waals surface area (Å²) in [6.07, 6.45) is 0. The summed E-state index contributed by atoms with van der Waals surface area (Å²) in [7, 11) is -3.48. The highest BCUT2D eigenvalue weighted by atomic mass is 79.9. The number of rotatable bonds is 5. The zero-order chi connectivity index (χ0) is 14.8. The molecular weight excluding hydrogens is 382 g/mol. The molecule has 0 amide bonds. The Morgan fingerprint density at radius 3 is 2.35 bits per heavy atom. The molecule has 1 aromatic heterocycles. The van der Waals surface area contributed by atoms with Gasteiger partial charge in [0.15, 0.2) is 0 Å². The number of benzene rings is 1. The fourth-order valence-electron chi connectivity index (χ4n) is 1.73. The van der Waals surface area contributed by atoms with Crippen molar-refractivity contribution >= 4 is 48.9 Å². The first kappa shape index (κ1) is 16.0. The molecule has 0 bridgehead atoms. The Morgan fingerprint density at radius 1 is 1.20 bits per heavy atom. The molecule has 1 heterocycles. The third-order valence-electron chi connectivity index (χ3n) is 2.77. The second-order valence-electron chi connectivity index (χ2n) is 4.09. The number of nitrogens with zero attached hydrogens (tertiary/aromatic N) is 1. The van der Waals surface area contributed by atoms with Crippen molar-refractivity contribution in [1.29, 1.82) is 0 Å². The third-order valence-corrected chi connectivity index (χ3v) is 6.44. The molecule has 1 aromatic carbocycles. The average molecular weight is 395 g/mol. The number of hydrogen-bond acceptors (Lipinski definition) is 3. The first-order valence-corrected chi connectivity index (χ1v) is 9.36. The minimum Gasteiger partial charge on any atom is -0.207 e. The Hall–Kier alpha value is -0.400. The van der Waals surface area contributed by atoms with Crippen LogP contribution in [-0.2, 0) is 16.6 Å². The number of thiophene rings is 1.